The molecule has 1 amide bonds. The fourth-order valence-electron chi connectivity index (χ4n) is 1.70. The average molecular weight is 294 g/mol. The standard InChI is InChI=1S/C15H13ClFNO2/c1-20-9-10-2-4-11(5-3-10)15(19)18-12-6-7-14(17)13(16)8-12/h2-8H,9H2,1H3,(H,18,19). The molecule has 0 heterocycles. The topological polar surface area (TPSA) is 38.3 Å². The molecule has 0 aliphatic rings. The summed E-state index contributed by atoms with van der Waals surface area (Å²) in [6, 6.07) is 11.1. The predicted molar refractivity (Wildman–Crippen MR) is 76.5 cm³/mol. The number of hydrogen-bond acceptors (Lipinski definition) is 2. The number of carbonyl (C=O) groups is 1. The van der Waals surface area contributed by atoms with Crippen molar-refractivity contribution in [1.82, 2.24) is 0 Å². The zero-order valence-electron chi connectivity index (χ0n) is 10.8. The lowest BCUT2D eigenvalue weighted by Crippen LogP contribution is -2.11. The van der Waals surface area contributed by atoms with E-state index >= 15 is 0 Å². The van der Waals surface area contributed by atoms with Crippen LogP contribution in [0, 0.1) is 5.82 Å². The second-order valence-corrected chi connectivity index (χ2v) is 4.62. The van der Waals surface area contributed by atoms with Crippen LogP contribution in [0.15, 0.2) is 42.5 Å². The van der Waals surface area contributed by atoms with Gasteiger partial charge in [0.2, 0.25) is 0 Å². The number of ether oxygens (including phenoxy) is 1. The Hall–Kier alpha value is -1.91. The van der Waals surface area contributed by atoms with Crippen LogP contribution in [0.25, 0.3) is 0 Å². The summed E-state index contributed by atoms with van der Waals surface area (Å²) in [5.41, 5.74) is 1.93. The van der Waals surface area contributed by atoms with Gasteiger partial charge in [-0.05, 0) is 35.9 Å². The van der Waals surface area contributed by atoms with Crippen LogP contribution in [0.4, 0.5) is 10.1 Å². The predicted octanol–water partition coefficient (Wildman–Crippen LogP) is 3.88. The molecule has 0 bridgehead atoms. The van der Waals surface area contributed by atoms with Crippen molar-refractivity contribution in [3.05, 3.63) is 64.4 Å². The molecule has 0 saturated carbocycles. The van der Waals surface area contributed by atoms with Crippen LogP contribution in [0.5, 0.6) is 0 Å². The Morgan fingerprint density at radius 1 is 1.25 bits per heavy atom. The summed E-state index contributed by atoms with van der Waals surface area (Å²) in [7, 11) is 1.61. The number of nitrogens with one attached hydrogen (secondary N) is 1. The van der Waals surface area contributed by atoms with Crippen molar-refractivity contribution in [3.63, 3.8) is 0 Å². The zero-order valence-corrected chi connectivity index (χ0v) is 11.6. The highest BCUT2D eigenvalue weighted by molar-refractivity contribution is 6.31. The van der Waals surface area contributed by atoms with Crippen LogP contribution in [0.1, 0.15) is 15.9 Å². The minimum atomic E-state index is -0.520. The van der Waals surface area contributed by atoms with E-state index in [9.17, 15) is 9.18 Å². The first-order valence-electron chi connectivity index (χ1n) is 5.94. The van der Waals surface area contributed by atoms with Crippen LogP contribution in [-0.2, 0) is 11.3 Å². The molecule has 0 saturated heterocycles. The second kappa shape index (κ2) is 6.50. The van der Waals surface area contributed by atoms with Gasteiger partial charge in [0.05, 0.1) is 11.6 Å². The maximum Gasteiger partial charge on any atom is 0.255 e. The molecule has 3 nitrogen and oxygen atoms in total. The lowest BCUT2D eigenvalue weighted by atomic mass is 10.1. The molecule has 0 aliphatic carbocycles. The molecule has 5 heteroatoms. The third-order valence-electron chi connectivity index (χ3n) is 2.70. The van der Waals surface area contributed by atoms with Crippen LogP contribution in [0.3, 0.4) is 0 Å². The van der Waals surface area contributed by atoms with E-state index in [0.717, 1.165) is 5.56 Å². The Morgan fingerprint density at radius 3 is 2.55 bits per heavy atom. The number of methoxy groups -OCH3 is 1. The van der Waals surface area contributed by atoms with E-state index in [-0.39, 0.29) is 10.9 Å². The number of anilines is 1. The molecule has 0 aliphatic heterocycles. The maximum atomic E-state index is 13.0. The number of hydrogen-bond donors (Lipinski definition) is 1. The van der Waals surface area contributed by atoms with Crippen LogP contribution in [-0.4, -0.2) is 13.0 Å². The van der Waals surface area contributed by atoms with Crippen LogP contribution < -0.4 is 5.32 Å². The maximum absolute atomic E-state index is 13.0. The van der Waals surface area contributed by atoms with Gasteiger partial charge in [0.15, 0.2) is 0 Å². The third-order valence-corrected chi connectivity index (χ3v) is 2.99. The van der Waals surface area contributed by atoms with Crippen LogP contribution >= 0.6 is 11.6 Å². The Balaban J connectivity index is 2.09. The first-order valence-corrected chi connectivity index (χ1v) is 6.32. The Labute approximate surface area is 121 Å². The van der Waals surface area contributed by atoms with Gasteiger partial charge in [0.25, 0.3) is 5.91 Å². The van der Waals surface area contributed by atoms with Crippen molar-refractivity contribution in [1.29, 1.82) is 0 Å². The fourth-order valence-corrected chi connectivity index (χ4v) is 1.88. The normalized spacial score (nSPS) is 10.3. The number of benzene rings is 2. The third kappa shape index (κ3) is 3.56. The lowest BCUT2D eigenvalue weighted by Gasteiger charge is -2.07. The van der Waals surface area contributed by atoms with Gasteiger partial charge >= 0.3 is 0 Å². The molecular weight excluding hydrogens is 281 g/mol. The van der Waals surface area contributed by atoms with E-state index in [1.807, 2.05) is 12.1 Å². The van der Waals surface area contributed by atoms with E-state index in [1.165, 1.54) is 18.2 Å². The van der Waals surface area contributed by atoms with Gasteiger partial charge in [-0.1, -0.05) is 23.7 Å². The van der Waals surface area contributed by atoms with E-state index in [4.69, 9.17) is 16.3 Å². The lowest BCUT2D eigenvalue weighted by molar-refractivity contribution is 0.102. The number of rotatable bonds is 4. The van der Waals surface area contributed by atoms with Crippen molar-refractivity contribution in [3.8, 4) is 0 Å². The largest absolute Gasteiger partial charge is 0.380 e. The molecule has 2 rings (SSSR count). The number of amides is 1. The highest BCUT2D eigenvalue weighted by Gasteiger charge is 2.07. The van der Waals surface area contributed by atoms with Gasteiger partial charge in [-0.3, -0.25) is 4.79 Å². The highest BCUT2D eigenvalue weighted by atomic mass is 35.5. The quantitative estimate of drug-likeness (QED) is 0.929. The van der Waals surface area contributed by atoms with E-state index < -0.39 is 5.82 Å². The molecule has 20 heavy (non-hydrogen) atoms. The molecule has 0 radical (unpaired) electrons. The number of halogens is 2. The molecule has 0 unspecified atom stereocenters. The van der Waals surface area contributed by atoms with Crippen molar-refractivity contribution in [2.45, 2.75) is 6.61 Å². The highest BCUT2D eigenvalue weighted by Crippen LogP contribution is 2.20. The Bertz CT molecular complexity index is 614. The minimum absolute atomic E-state index is 0.0294. The summed E-state index contributed by atoms with van der Waals surface area (Å²) in [5, 5.41) is 2.63. The van der Waals surface area contributed by atoms with Gasteiger partial charge in [-0.15, -0.1) is 0 Å². The zero-order chi connectivity index (χ0) is 14.5. The molecule has 104 valence electrons. The molecule has 0 atom stereocenters. The molecule has 0 fully saturated rings. The summed E-state index contributed by atoms with van der Waals surface area (Å²) in [6.45, 7) is 0.496. The van der Waals surface area contributed by atoms with E-state index in [1.54, 1.807) is 19.2 Å². The molecule has 0 aromatic heterocycles. The van der Waals surface area contributed by atoms with Crippen molar-refractivity contribution in [2.24, 2.45) is 0 Å². The summed E-state index contributed by atoms with van der Waals surface area (Å²) in [6.07, 6.45) is 0. The first-order chi connectivity index (χ1) is 9.60. The summed E-state index contributed by atoms with van der Waals surface area (Å²) < 4.78 is 18.0. The molecule has 2 aromatic carbocycles. The van der Waals surface area contributed by atoms with Gasteiger partial charge in [-0.2, -0.15) is 0 Å². The Morgan fingerprint density at radius 2 is 1.95 bits per heavy atom. The SMILES string of the molecule is COCc1ccc(C(=O)Nc2ccc(F)c(Cl)c2)cc1. The number of carbonyl (C=O) groups excluding carboxylic acids is 1. The van der Waals surface area contributed by atoms with Gasteiger partial charge < -0.3 is 10.1 Å². The molecule has 1 N–H and O–H groups in total. The molecular formula is C15H13ClFNO2. The van der Waals surface area contributed by atoms with Gasteiger partial charge in [-0.25, -0.2) is 4.39 Å². The smallest absolute Gasteiger partial charge is 0.255 e. The van der Waals surface area contributed by atoms with E-state index in [2.05, 4.69) is 5.32 Å². The minimum Gasteiger partial charge on any atom is -0.380 e. The van der Waals surface area contributed by atoms with Gasteiger partial charge in [0.1, 0.15) is 5.82 Å². The van der Waals surface area contributed by atoms with E-state index in [0.29, 0.717) is 17.9 Å². The first kappa shape index (κ1) is 14.5. The second-order valence-electron chi connectivity index (χ2n) is 4.21. The van der Waals surface area contributed by atoms with Crippen molar-refractivity contribution < 1.29 is 13.9 Å². The summed E-state index contributed by atoms with van der Waals surface area (Å²) in [4.78, 5) is 12.0. The average Bonchev–Trinajstić information content (AvgIpc) is 2.44. The molecule has 0 spiro atoms. The van der Waals surface area contributed by atoms with Crippen molar-refractivity contribution >= 4 is 23.2 Å². The summed E-state index contributed by atoms with van der Waals surface area (Å²) >= 11 is 5.66. The monoisotopic (exact) mass is 293 g/mol. The van der Waals surface area contributed by atoms with Crippen molar-refractivity contribution in [2.75, 3.05) is 12.4 Å². The van der Waals surface area contributed by atoms with Gasteiger partial charge in [0, 0.05) is 18.4 Å². The fraction of sp³-hybridized carbons (Fsp3) is 0.133. The van der Waals surface area contributed by atoms with Crippen LogP contribution in [0.2, 0.25) is 5.02 Å². The summed E-state index contributed by atoms with van der Waals surface area (Å²) in [5.74, 6) is -0.801. The molecule has 2 aromatic rings. The Kier molecular flexibility index (Phi) is 4.71.